The Morgan fingerprint density at radius 3 is 2.49 bits per heavy atom. The van der Waals surface area contributed by atoms with Crippen molar-refractivity contribution in [1.29, 1.82) is 0 Å². The number of aliphatic hydroxyl groups excluding tert-OH is 1. The van der Waals surface area contributed by atoms with Crippen molar-refractivity contribution in [2.45, 2.75) is 26.1 Å². The van der Waals surface area contributed by atoms with E-state index >= 15 is 0 Å². The lowest BCUT2D eigenvalue weighted by molar-refractivity contribution is -0.394. The lowest BCUT2D eigenvalue weighted by Gasteiger charge is -2.28. The summed E-state index contributed by atoms with van der Waals surface area (Å²) in [6, 6.07) is 12.9. The number of hydrazone groups is 1. The molecule has 2 amide bonds. The number of carbonyl (C=O) groups excluding carboxylic acids is 2. The van der Waals surface area contributed by atoms with E-state index in [9.17, 15) is 34.9 Å². The summed E-state index contributed by atoms with van der Waals surface area (Å²) in [5, 5.41) is 42.2. The molecule has 0 spiro atoms. The molecule has 17 heteroatoms. The van der Waals surface area contributed by atoms with Crippen LogP contribution in [-0.2, 0) is 9.53 Å². The minimum absolute atomic E-state index is 0.160. The average Bonchev–Trinajstić information content (AvgIpc) is 3.04. The molecule has 0 saturated carbocycles. The quantitative estimate of drug-likeness (QED) is 0.0642. The Morgan fingerprint density at radius 2 is 1.79 bits per heavy atom. The van der Waals surface area contributed by atoms with Crippen molar-refractivity contribution in [3.63, 3.8) is 0 Å². The molecule has 2 atom stereocenters. The minimum Gasteiger partial charge on any atom is -0.490 e. The molecule has 0 aliphatic carbocycles. The molecule has 0 radical (unpaired) electrons. The zero-order valence-corrected chi connectivity index (χ0v) is 25.3. The number of hydrogen-bond acceptors (Lipinski definition) is 13. The van der Waals surface area contributed by atoms with Crippen LogP contribution < -0.4 is 30.3 Å². The highest BCUT2D eigenvalue weighted by Gasteiger charge is 2.32. The molecule has 3 aromatic carbocycles. The number of hydrogen-bond donors (Lipinski definition) is 4. The zero-order chi connectivity index (χ0) is 34.1. The van der Waals surface area contributed by atoms with Gasteiger partial charge in [0, 0.05) is 17.3 Å². The normalized spacial score (nSPS) is 14.9. The Bertz CT molecular complexity index is 1740. The summed E-state index contributed by atoms with van der Waals surface area (Å²) in [6.07, 6.45) is 0.00206. The highest BCUT2D eigenvalue weighted by Crippen LogP contribution is 2.36. The third kappa shape index (κ3) is 8.28. The maximum Gasteiger partial charge on any atom is 0.337 e. The molecule has 1 aliphatic heterocycles. The maximum absolute atomic E-state index is 12.4. The van der Waals surface area contributed by atoms with E-state index in [1.807, 2.05) is 0 Å². The monoisotopic (exact) mass is 650 g/mol. The SMILES string of the molecule is CCOc1cc([C@H]2NC(=O)NC(C)=C2C(=O)OC)ccc1OC[C@@H](O)N/N=C\c1ccccc1Oc1ccc([N+](=O)[O-])cc1[N+](=O)[O-]. The molecule has 47 heavy (non-hydrogen) atoms. The van der Waals surface area contributed by atoms with Gasteiger partial charge in [-0.3, -0.25) is 25.7 Å². The molecule has 0 unspecified atom stereocenters. The molecule has 4 N–H and O–H groups in total. The standard InChI is InChI=1S/C30H30N6O11/c1-4-45-25-13-18(28-27(29(38)44-3)17(2)32-30(39)33-28)9-11-24(25)46-16-26(37)34-31-15-19-7-5-6-8-22(19)47-23-12-10-20(35(40)41)14-21(23)36(42)43/h5-15,26,28,34,37H,4,16H2,1-3H3,(H2,32,33,39)/b31-15-/t26-,28-/m1/s1. The number of allylic oxidation sites excluding steroid dienone is 1. The van der Waals surface area contributed by atoms with Crippen molar-refractivity contribution in [3.05, 3.63) is 103 Å². The number of para-hydroxylation sites is 1. The molecular weight excluding hydrogens is 620 g/mol. The fourth-order valence-electron chi connectivity index (χ4n) is 4.46. The van der Waals surface area contributed by atoms with Gasteiger partial charge in [0.1, 0.15) is 12.4 Å². The van der Waals surface area contributed by atoms with E-state index in [-0.39, 0.29) is 36.0 Å². The first kappa shape index (κ1) is 33.7. The van der Waals surface area contributed by atoms with Gasteiger partial charge in [-0.1, -0.05) is 18.2 Å². The summed E-state index contributed by atoms with van der Waals surface area (Å²) >= 11 is 0. The van der Waals surface area contributed by atoms with Crippen molar-refractivity contribution in [2.75, 3.05) is 20.3 Å². The molecule has 17 nitrogen and oxygen atoms in total. The van der Waals surface area contributed by atoms with E-state index in [1.165, 1.54) is 19.4 Å². The second-order valence-electron chi connectivity index (χ2n) is 9.72. The van der Waals surface area contributed by atoms with Crippen LogP contribution >= 0.6 is 0 Å². The number of carbonyl (C=O) groups is 2. The van der Waals surface area contributed by atoms with Crippen molar-refractivity contribution in [3.8, 4) is 23.0 Å². The van der Waals surface area contributed by atoms with Gasteiger partial charge in [-0.05, 0) is 49.7 Å². The van der Waals surface area contributed by atoms with Gasteiger partial charge in [-0.15, -0.1) is 0 Å². The number of nitrogens with one attached hydrogen (secondary N) is 3. The average molecular weight is 651 g/mol. The van der Waals surface area contributed by atoms with Gasteiger partial charge in [-0.2, -0.15) is 5.10 Å². The zero-order valence-electron chi connectivity index (χ0n) is 25.3. The van der Waals surface area contributed by atoms with Crippen molar-refractivity contribution in [2.24, 2.45) is 5.10 Å². The number of amides is 2. The van der Waals surface area contributed by atoms with Crippen LogP contribution in [0.1, 0.15) is 31.0 Å². The summed E-state index contributed by atoms with van der Waals surface area (Å²) in [5.74, 6) is -0.109. The van der Waals surface area contributed by atoms with Crippen LogP contribution in [-0.4, -0.2) is 59.7 Å². The molecule has 1 heterocycles. The molecule has 246 valence electrons. The number of ether oxygens (including phenoxy) is 4. The van der Waals surface area contributed by atoms with Crippen molar-refractivity contribution >= 4 is 29.6 Å². The van der Waals surface area contributed by atoms with Crippen LogP contribution in [0, 0.1) is 20.2 Å². The van der Waals surface area contributed by atoms with Gasteiger partial charge in [0.15, 0.2) is 17.7 Å². The first-order chi connectivity index (χ1) is 22.5. The van der Waals surface area contributed by atoms with E-state index in [2.05, 4.69) is 21.2 Å². The van der Waals surface area contributed by atoms with Gasteiger partial charge in [-0.25, -0.2) is 9.59 Å². The Kier molecular flexibility index (Phi) is 10.9. The van der Waals surface area contributed by atoms with Gasteiger partial charge in [0.25, 0.3) is 5.69 Å². The molecule has 0 aromatic heterocycles. The van der Waals surface area contributed by atoms with Crippen molar-refractivity contribution < 1.29 is 43.5 Å². The highest BCUT2D eigenvalue weighted by atomic mass is 16.6. The van der Waals surface area contributed by atoms with Crippen molar-refractivity contribution in [1.82, 2.24) is 16.1 Å². The largest absolute Gasteiger partial charge is 0.490 e. The Morgan fingerprint density at radius 1 is 1.04 bits per heavy atom. The smallest absolute Gasteiger partial charge is 0.337 e. The number of esters is 1. The number of methoxy groups -OCH3 is 1. The number of nitro benzene ring substituents is 2. The first-order valence-corrected chi connectivity index (χ1v) is 13.9. The fraction of sp³-hybridized carbons (Fsp3) is 0.233. The van der Waals surface area contributed by atoms with E-state index in [1.54, 1.807) is 50.2 Å². The lowest BCUT2D eigenvalue weighted by Crippen LogP contribution is -2.45. The molecule has 0 fully saturated rings. The number of rotatable bonds is 14. The third-order valence-corrected chi connectivity index (χ3v) is 6.59. The molecule has 3 aromatic rings. The summed E-state index contributed by atoms with van der Waals surface area (Å²) in [6.45, 7) is 3.35. The Balaban J connectivity index is 1.44. The predicted octanol–water partition coefficient (Wildman–Crippen LogP) is 3.82. The third-order valence-electron chi connectivity index (χ3n) is 6.59. The predicted molar refractivity (Wildman–Crippen MR) is 165 cm³/mol. The molecule has 1 aliphatic rings. The number of aliphatic hydroxyl groups is 1. The maximum atomic E-state index is 12.4. The second-order valence-corrected chi connectivity index (χ2v) is 9.72. The van der Waals surface area contributed by atoms with Crippen LogP contribution in [0.2, 0.25) is 0 Å². The molecule has 0 bridgehead atoms. The number of nitrogens with zero attached hydrogens (tertiary/aromatic N) is 3. The summed E-state index contributed by atoms with van der Waals surface area (Å²) in [7, 11) is 1.24. The van der Waals surface area contributed by atoms with E-state index in [0.717, 1.165) is 18.2 Å². The van der Waals surface area contributed by atoms with Gasteiger partial charge in [0.05, 0.1) is 47.5 Å². The number of urea groups is 1. The summed E-state index contributed by atoms with van der Waals surface area (Å²) in [4.78, 5) is 45.6. The first-order valence-electron chi connectivity index (χ1n) is 13.9. The second kappa shape index (κ2) is 15.2. The van der Waals surface area contributed by atoms with Crippen LogP contribution in [0.4, 0.5) is 16.2 Å². The number of benzene rings is 3. The minimum atomic E-state index is -1.30. The number of non-ortho nitro benzene ring substituents is 1. The topological polar surface area (TPSA) is 226 Å². The van der Waals surface area contributed by atoms with Gasteiger partial charge in [0.2, 0.25) is 5.75 Å². The van der Waals surface area contributed by atoms with Crippen LogP contribution in [0.3, 0.4) is 0 Å². The highest BCUT2D eigenvalue weighted by molar-refractivity contribution is 5.95. The summed E-state index contributed by atoms with van der Waals surface area (Å²) in [5.41, 5.74) is 2.92. The molecule has 4 rings (SSSR count). The van der Waals surface area contributed by atoms with Crippen LogP contribution in [0.5, 0.6) is 23.0 Å². The summed E-state index contributed by atoms with van der Waals surface area (Å²) < 4.78 is 22.0. The van der Waals surface area contributed by atoms with E-state index in [4.69, 9.17) is 18.9 Å². The lowest BCUT2D eigenvalue weighted by atomic mass is 9.95. The van der Waals surface area contributed by atoms with Gasteiger partial charge < -0.3 is 34.7 Å². The van der Waals surface area contributed by atoms with Crippen LogP contribution in [0.25, 0.3) is 0 Å². The Labute approximate surface area is 267 Å². The fourth-order valence-corrected chi connectivity index (χ4v) is 4.46. The Hall–Kier alpha value is -6.23. The van der Waals surface area contributed by atoms with E-state index in [0.29, 0.717) is 22.6 Å². The molecule has 0 saturated heterocycles. The number of nitro groups is 2. The molecular formula is C30H30N6O11. The van der Waals surface area contributed by atoms with Crippen LogP contribution in [0.15, 0.2) is 77.0 Å². The van der Waals surface area contributed by atoms with E-state index < -0.39 is 45.5 Å². The van der Waals surface area contributed by atoms with Gasteiger partial charge >= 0.3 is 17.7 Å².